The summed E-state index contributed by atoms with van der Waals surface area (Å²) in [4.78, 5) is 12.9. The molecule has 1 aromatic rings. The maximum absolute atomic E-state index is 13.2. The van der Waals surface area contributed by atoms with Gasteiger partial charge in [0, 0.05) is 19.6 Å². The molecule has 4 aliphatic carbocycles. The van der Waals surface area contributed by atoms with Crippen molar-refractivity contribution in [1.82, 2.24) is 9.62 Å². The molecule has 32 heavy (non-hydrogen) atoms. The van der Waals surface area contributed by atoms with Crippen LogP contribution in [0.3, 0.4) is 0 Å². The van der Waals surface area contributed by atoms with E-state index in [0.29, 0.717) is 37.6 Å². The maximum Gasteiger partial charge on any atom is 0.246 e. The Bertz CT molecular complexity index is 935. The number of hydrogen-bond donors (Lipinski definition) is 1. The van der Waals surface area contributed by atoms with Crippen LogP contribution in [0.2, 0.25) is 0 Å². The van der Waals surface area contributed by atoms with Gasteiger partial charge in [-0.25, -0.2) is 8.42 Å². The van der Waals surface area contributed by atoms with Crippen molar-refractivity contribution in [2.45, 2.75) is 49.8 Å². The molecule has 1 heterocycles. The average molecular weight is 463 g/mol. The first-order valence-electron chi connectivity index (χ1n) is 11.9. The lowest BCUT2D eigenvalue weighted by Gasteiger charge is -2.56. The van der Waals surface area contributed by atoms with Crippen LogP contribution in [0, 0.1) is 23.2 Å². The summed E-state index contributed by atoms with van der Waals surface area (Å²) < 4.78 is 38.4. The van der Waals surface area contributed by atoms with E-state index in [-0.39, 0.29) is 22.6 Å². The lowest BCUT2D eigenvalue weighted by molar-refractivity contribution is -0.122. The molecule has 6 rings (SSSR count). The van der Waals surface area contributed by atoms with E-state index in [1.807, 2.05) is 0 Å². The Balaban J connectivity index is 1.26. The van der Waals surface area contributed by atoms with E-state index in [2.05, 4.69) is 5.32 Å². The van der Waals surface area contributed by atoms with E-state index in [1.165, 1.54) is 49.9 Å². The van der Waals surface area contributed by atoms with Crippen LogP contribution >= 0.6 is 0 Å². The molecule has 1 aliphatic heterocycles. The molecule has 5 fully saturated rings. The van der Waals surface area contributed by atoms with Crippen molar-refractivity contribution in [3.63, 3.8) is 0 Å². The second-order valence-corrected chi connectivity index (χ2v) is 12.3. The molecule has 0 radical (unpaired) electrons. The van der Waals surface area contributed by atoms with Gasteiger partial charge in [0.1, 0.15) is 10.6 Å². The third-order valence-corrected chi connectivity index (χ3v) is 9.93. The van der Waals surface area contributed by atoms with Gasteiger partial charge < -0.3 is 14.8 Å². The minimum Gasteiger partial charge on any atom is -0.495 e. The topological polar surface area (TPSA) is 84.9 Å². The summed E-state index contributed by atoms with van der Waals surface area (Å²) in [6.45, 7) is 2.16. The van der Waals surface area contributed by atoms with E-state index in [9.17, 15) is 13.2 Å². The van der Waals surface area contributed by atoms with Crippen LogP contribution in [0.5, 0.6) is 5.75 Å². The summed E-state index contributed by atoms with van der Waals surface area (Å²) in [7, 11) is -2.25. The number of nitrogens with one attached hydrogen (secondary N) is 1. The van der Waals surface area contributed by atoms with Crippen LogP contribution in [0.4, 0.5) is 0 Å². The summed E-state index contributed by atoms with van der Waals surface area (Å²) >= 11 is 0. The predicted octanol–water partition coefficient (Wildman–Crippen LogP) is 2.59. The van der Waals surface area contributed by atoms with E-state index in [1.54, 1.807) is 18.2 Å². The Labute approximate surface area is 190 Å². The largest absolute Gasteiger partial charge is 0.495 e. The van der Waals surface area contributed by atoms with Gasteiger partial charge >= 0.3 is 0 Å². The smallest absolute Gasteiger partial charge is 0.246 e. The summed E-state index contributed by atoms with van der Waals surface area (Å²) in [6, 6.07) is 5.02. The van der Waals surface area contributed by atoms with Crippen LogP contribution in [0.1, 0.15) is 44.1 Å². The Morgan fingerprint density at radius 3 is 2.34 bits per heavy atom. The highest BCUT2D eigenvalue weighted by molar-refractivity contribution is 7.89. The lowest BCUT2D eigenvalue weighted by atomic mass is 9.49. The zero-order valence-electron chi connectivity index (χ0n) is 18.8. The van der Waals surface area contributed by atoms with Gasteiger partial charge in [-0.05, 0) is 79.4 Å². The molecule has 5 aliphatic rings. The third-order valence-electron chi connectivity index (χ3n) is 8.01. The molecule has 0 unspecified atom stereocenters. The SMILES string of the molecule is COc1ccc(CC(=O)NCC23CC4CC(CC(C4)C2)C3)cc1S(=O)(=O)N1CCOCC1. The van der Waals surface area contributed by atoms with Gasteiger partial charge in [0.25, 0.3) is 0 Å². The van der Waals surface area contributed by atoms with Gasteiger partial charge in [-0.15, -0.1) is 0 Å². The standard InChI is InChI=1S/C24H34N2O5S/c1-30-21-3-2-17(11-22(21)32(28,29)26-4-6-31-7-5-26)12-23(27)25-16-24-13-18-8-19(14-24)10-20(9-18)15-24/h2-3,11,18-20H,4-10,12-16H2,1H3,(H,25,27). The van der Waals surface area contributed by atoms with Crippen LogP contribution < -0.4 is 10.1 Å². The highest BCUT2D eigenvalue weighted by atomic mass is 32.2. The van der Waals surface area contributed by atoms with Gasteiger partial charge in [-0.2, -0.15) is 4.31 Å². The lowest BCUT2D eigenvalue weighted by Crippen LogP contribution is -2.51. The number of nitrogens with zero attached hydrogens (tertiary/aromatic N) is 1. The molecule has 1 amide bonds. The molecule has 0 spiro atoms. The van der Waals surface area contributed by atoms with E-state index in [0.717, 1.165) is 24.3 Å². The van der Waals surface area contributed by atoms with Crippen LogP contribution in [0.15, 0.2) is 23.1 Å². The van der Waals surface area contributed by atoms with E-state index in [4.69, 9.17) is 9.47 Å². The van der Waals surface area contributed by atoms with Crippen LogP contribution in [-0.4, -0.2) is 58.6 Å². The fraction of sp³-hybridized carbons (Fsp3) is 0.708. The van der Waals surface area contributed by atoms with E-state index < -0.39 is 10.0 Å². The number of carbonyl (C=O) groups excluding carboxylic acids is 1. The highest BCUT2D eigenvalue weighted by Crippen LogP contribution is 2.59. The Kier molecular flexibility index (Phi) is 5.97. The number of hydrogen-bond acceptors (Lipinski definition) is 5. The molecular weight excluding hydrogens is 428 g/mol. The molecule has 1 aromatic carbocycles. The van der Waals surface area contributed by atoms with Crippen LogP contribution in [-0.2, 0) is 26.0 Å². The Morgan fingerprint density at radius 1 is 1.12 bits per heavy atom. The van der Waals surface area contributed by atoms with Crippen molar-refractivity contribution in [3.05, 3.63) is 23.8 Å². The van der Waals surface area contributed by atoms with E-state index >= 15 is 0 Å². The zero-order chi connectivity index (χ0) is 22.3. The second-order valence-electron chi connectivity index (χ2n) is 10.4. The van der Waals surface area contributed by atoms with Gasteiger partial charge in [-0.1, -0.05) is 6.07 Å². The molecule has 0 atom stereocenters. The molecule has 4 bridgehead atoms. The highest BCUT2D eigenvalue weighted by Gasteiger charge is 2.50. The first-order valence-corrected chi connectivity index (χ1v) is 13.3. The zero-order valence-corrected chi connectivity index (χ0v) is 19.7. The van der Waals surface area contributed by atoms with Gasteiger partial charge in [-0.3, -0.25) is 4.79 Å². The van der Waals surface area contributed by atoms with Gasteiger partial charge in [0.15, 0.2) is 0 Å². The summed E-state index contributed by atoms with van der Waals surface area (Å²) in [5.41, 5.74) is 0.968. The number of ether oxygens (including phenoxy) is 2. The molecule has 0 aromatic heterocycles. The third kappa shape index (κ3) is 4.29. The summed E-state index contributed by atoms with van der Waals surface area (Å²) in [5.74, 6) is 2.82. The minimum absolute atomic E-state index is 0.0411. The Hall–Kier alpha value is -1.64. The van der Waals surface area contributed by atoms with Crippen molar-refractivity contribution < 1.29 is 22.7 Å². The number of carbonyl (C=O) groups is 1. The fourth-order valence-corrected chi connectivity index (χ4v) is 8.61. The quantitative estimate of drug-likeness (QED) is 0.673. The van der Waals surface area contributed by atoms with Gasteiger partial charge in [0.2, 0.25) is 15.9 Å². The number of benzene rings is 1. The predicted molar refractivity (Wildman–Crippen MR) is 120 cm³/mol. The molecule has 1 saturated heterocycles. The Morgan fingerprint density at radius 2 is 1.75 bits per heavy atom. The molecule has 7 nitrogen and oxygen atoms in total. The van der Waals surface area contributed by atoms with Crippen LogP contribution in [0.25, 0.3) is 0 Å². The number of methoxy groups -OCH3 is 1. The first kappa shape index (κ1) is 22.2. The normalized spacial score (nSPS) is 32.1. The monoisotopic (exact) mass is 462 g/mol. The second kappa shape index (κ2) is 8.61. The minimum atomic E-state index is -3.71. The summed E-state index contributed by atoms with van der Waals surface area (Å²) in [6.07, 6.45) is 8.09. The van der Waals surface area contributed by atoms with Crippen molar-refractivity contribution in [2.75, 3.05) is 40.0 Å². The van der Waals surface area contributed by atoms with Gasteiger partial charge in [0.05, 0.1) is 26.7 Å². The van der Waals surface area contributed by atoms with Crippen molar-refractivity contribution >= 4 is 15.9 Å². The molecule has 1 N–H and O–H groups in total. The van der Waals surface area contributed by atoms with Crippen molar-refractivity contribution in [3.8, 4) is 5.75 Å². The number of morpholine rings is 1. The number of amides is 1. The first-order chi connectivity index (χ1) is 15.4. The van der Waals surface area contributed by atoms with Crippen molar-refractivity contribution in [1.29, 1.82) is 0 Å². The average Bonchev–Trinajstić information content (AvgIpc) is 2.77. The molecule has 4 saturated carbocycles. The summed E-state index contributed by atoms with van der Waals surface area (Å²) in [5, 5.41) is 3.19. The maximum atomic E-state index is 13.2. The number of sulfonamides is 1. The molecular formula is C24H34N2O5S. The fourth-order valence-electron chi connectivity index (χ4n) is 7.00. The molecule has 8 heteroatoms. The number of rotatable bonds is 7. The molecule has 176 valence electrons. The van der Waals surface area contributed by atoms with Crippen molar-refractivity contribution in [2.24, 2.45) is 23.2 Å².